The molecule has 0 spiro atoms. The molecular weight excluding hydrogens is 286 g/mol. The van der Waals surface area contributed by atoms with Crippen LogP contribution in [0.2, 0.25) is 0 Å². The molecule has 1 aromatic heterocycles. The van der Waals surface area contributed by atoms with E-state index in [0.717, 1.165) is 16.3 Å². The van der Waals surface area contributed by atoms with Gasteiger partial charge in [0.25, 0.3) is 0 Å². The summed E-state index contributed by atoms with van der Waals surface area (Å²) in [7, 11) is 1.66. The van der Waals surface area contributed by atoms with Crippen LogP contribution in [-0.4, -0.2) is 40.7 Å². The third-order valence-corrected chi connectivity index (χ3v) is 4.23. The number of amides is 2. The summed E-state index contributed by atoms with van der Waals surface area (Å²) in [6.07, 6.45) is 0. The molecule has 2 rings (SSSR count). The molecule has 0 radical (unpaired) electrons. The van der Waals surface area contributed by atoms with Crippen molar-refractivity contribution in [2.75, 3.05) is 19.0 Å². The van der Waals surface area contributed by atoms with Gasteiger partial charge >= 0.3 is 6.03 Å². The van der Waals surface area contributed by atoms with Gasteiger partial charge in [-0.25, -0.2) is 9.78 Å². The quantitative estimate of drug-likeness (QED) is 0.912. The van der Waals surface area contributed by atoms with Crippen LogP contribution in [0.1, 0.15) is 12.6 Å². The Labute approximate surface area is 128 Å². The van der Waals surface area contributed by atoms with Gasteiger partial charge in [0.2, 0.25) is 0 Å². The number of aryl methyl sites for hydroxylation is 1. The molecule has 0 fully saturated rings. The predicted molar refractivity (Wildman–Crippen MR) is 85.6 cm³/mol. The number of hydrogen-bond donors (Lipinski definition) is 2. The van der Waals surface area contributed by atoms with Crippen molar-refractivity contribution in [3.05, 3.63) is 35.3 Å². The van der Waals surface area contributed by atoms with Gasteiger partial charge in [-0.05, 0) is 26.0 Å². The van der Waals surface area contributed by atoms with Crippen LogP contribution in [0.4, 0.5) is 10.5 Å². The van der Waals surface area contributed by atoms with Crippen LogP contribution >= 0.6 is 11.3 Å². The first kappa shape index (κ1) is 15.5. The molecule has 21 heavy (non-hydrogen) atoms. The fourth-order valence-corrected chi connectivity index (χ4v) is 2.55. The van der Waals surface area contributed by atoms with Crippen LogP contribution in [0.5, 0.6) is 0 Å². The first-order valence-electron chi connectivity index (χ1n) is 6.68. The number of carbonyl (C=O) groups is 1. The van der Waals surface area contributed by atoms with Crippen LogP contribution in [0.15, 0.2) is 29.6 Å². The molecule has 0 saturated carbocycles. The fourth-order valence-electron chi connectivity index (χ4n) is 1.75. The summed E-state index contributed by atoms with van der Waals surface area (Å²) in [5.41, 5.74) is 2.67. The number of thiazole rings is 1. The van der Waals surface area contributed by atoms with Crippen LogP contribution in [0, 0.1) is 6.92 Å². The number of hydrogen-bond acceptors (Lipinski definition) is 4. The molecule has 2 N–H and O–H groups in total. The van der Waals surface area contributed by atoms with Gasteiger partial charge < -0.3 is 15.3 Å². The molecule has 0 saturated heterocycles. The number of likely N-dealkylation sites (N-methyl/N-ethyl adjacent to an activating group) is 1. The van der Waals surface area contributed by atoms with E-state index in [-0.39, 0.29) is 18.7 Å². The first-order valence-corrected chi connectivity index (χ1v) is 7.56. The number of nitrogens with zero attached hydrogens (tertiary/aromatic N) is 2. The summed E-state index contributed by atoms with van der Waals surface area (Å²) in [4.78, 5) is 18.0. The molecular formula is C15H19N3O2S. The first-order chi connectivity index (χ1) is 10.0. The van der Waals surface area contributed by atoms with Crippen molar-refractivity contribution in [3.63, 3.8) is 0 Å². The molecule has 1 aromatic carbocycles. The highest BCUT2D eigenvalue weighted by molar-refractivity contribution is 7.13. The highest BCUT2D eigenvalue weighted by Gasteiger charge is 2.15. The highest BCUT2D eigenvalue weighted by atomic mass is 32.1. The topological polar surface area (TPSA) is 65.5 Å². The molecule has 0 aliphatic rings. The van der Waals surface area contributed by atoms with Crippen molar-refractivity contribution in [2.45, 2.75) is 19.9 Å². The molecule has 1 atom stereocenters. The van der Waals surface area contributed by atoms with Crippen molar-refractivity contribution >= 4 is 23.1 Å². The zero-order chi connectivity index (χ0) is 15.4. The maximum Gasteiger partial charge on any atom is 0.321 e. The zero-order valence-electron chi connectivity index (χ0n) is 12.3. The predicted octanol–water partition coefficient (Wildman–Crippen LogP) is 2.96. The molecule has 2 amide bonds. The Morgan fingerprint density at radius 1 is 1.52 bits per heavy atom. The van der Waals surface area contributed by atoms with Gasteiger partial charge in [0.1, 0.15) is 5.01 Å². The van der Waals surface area contributed by atoms with E-state index in [4.69, 9.17) is 5.11 Å². The van der Waals surface area contributed by atoms with Crippen LogP contribution < -0.4 is 5.32 Å². The van der Waals surface area contributed by atoms with E-state index in [0.29, 0.717) is 5.69 Å². The fraction of sp³-hybridized carbons (Fsp3) is 0.333. The Balaban J connectivity index is 2.13. The van der Waals surface area contributed by atoms with Gasteiger partial charge in [0.05, 0.1) is 12.6 Å². The van der Waals surface area contributed by atoms with Crippen molar-refractivity contribution in [2.24, 2.45) is 0 Å². The van der Waals surface area contributed by atoms with Gasteiger partial charge in [-0.15, -0.1) is 11.3 Å². The van der Waals surface area contributed by atoms with E-state index >= 15 is 0 Å². The summed E-state index contributed by atoms with van der Waals surface area (Å²) < 4.78 is 0. The van der Waals surface area contributed by atoms with E-state index in [2.05, 4.69) is 10.3 Å². The zero-order valence-corrected chi connectivity index (χ0v) is 13.1. The number of urea groups is 1. The molecule has 112 valence electrons. The minimum Gasteiger partial charge on any atom is -0.394 e. The van der Waals surface area contributed by atoms with Crippen LogP contribution in [0.3, 0.4) is 0 Å². The van der Waals surface area contributed by atoms with Crippen LogP contribution in [0.25, 0.3) is 10.6 Å². The number of rotatable bonds is 4. The standard InChI is InChI=1S/C15H19N3O2S/c1-10-9-21-14(16-10)12-5-4-6-13(7-12)17-15(20)18(3)11(2)8-19/h4-7,9,11,19H,8H2,1-3H3,(H,17,20). The normalized spacial score (nSPS) is 12.0. The minimum absolute atomic E-state index is 0.0671. The Morgan fingerprint density at radius 2 is 2.29 bits per heavy atom. The lowest BCUT2D eigenvalue weighted by molar-refractivity contribution is 0.166. The molecule has 0 aliphatic heterocycles. The van der Waals surface area contributed by atoms with E-state index in [1.165, 1.54) is 4.90 Å². The Bertz CT molecular complexity index is 627. The van der Waals surface area contributed by atoms with Gasteiger partial charge in [0, 0.05) is 29.4 Å². The van der Waals surface area contributed by atoms with Crippen molar-refractivity contribution in [1.82, 2.24) is 9.88 Å². The maximum absolute atomic E-state index is 12.1. The molecule has 2 aromatic rings. The second-order valence-corrected chi connectivity index (χ2v) is 5.81. The second kappa shape index (κ2) is 6.69. The summed E-state index contributed by atoms with van der Waals surface area (Å²) in [5, 5.41) is 14.8. The number of aliphatic hydroxyl groups is 1. The van der Waals surface area contributed by atoms with Gasteiger partial charge in [-0.2, -0.15) is 0 Å². The second-order valence-electron chi connectivity index (χ2n) is 4.95. The third kappa shape index (κ3) is 3.80. The highest BCUT2D eigenvalue weighted by Crippen LogP contribution is 2.25. The molecule has 0 bridgehead atoms. The van der Waals surface area contributed by atoms with Gasteiger partial charge in [-0.3, -0.25) is 0 Å². The lowest BCUT2D eigenvalue weighted by Gasteiger charge is -2.23. The summed E-state index contributed by atoms with van der Waals surface area (Å²) >= 11 is 1.58. The number of anilines is 1. The van der Waals surface area contributed by atoms with Crippen LogP contribution in [-0.2, 0) is 0 Å². The van der Waals surface area contributed by atoms with Gasteiger partial charge in [0.15, 0.2) is 0 Å². The Morgan fingerprint density at radius 3 is 2.90 bits per heavy atom. The van der Waals surface area contributed by atoms with Crippen molar-refractivity contribution in [3.8, 4) is 10.6 Å². The van der Waals surface area contributed by atoms with Gasteiger partial charge in [-0.1, -0.05) is 12.1 Å². The van der Waals surface area contributed by atoms with E-state index in [9.17, 15) is 4.79 Å². The molecule has 5 nitrogen and oxygen atoms in total. The number of nitrogens with one attached hydrogen (secondary N) is 1. The number of carbonyl (C=O) groups excluding carboxylic acids is 1. The summed E-state index contributed by atoms with van der Waals surface area (Å²) in [6, 6.07) is 7.11. The van der Waals surface area contributed by atoms with E-state index in [1.807, 2.05) is 36.6 Å². The SMILES string of the molecule is Cc1csc(-c2cccc(NC(=O)N(C)C(C)CO)c2)n1. The average molecular weight is 305 g/mol. The van der Waals surface area contributed by atoms with E-state index < -0.39 is 0 Å². The summed E-state index contributed by atoms with van der Waals surface area (Å²) in [6.45, 7) is 3.67. The third-order valence-electron chi connectivity index (χ3n) is 3.23. The minimum atomic E-state index is -0.246. The Kier molecular flexibility index (Phi) is 4.93. The summed E-state index contributed by atoms with van der Waals surface area (Å²) in [5.74, 6) is 0. The smallest absolute Gasteiger partial charge is 0.321 e. The lowest BCUT2D eigenvalue weighted by atomic mass is 10.2. The Hall–Kier alpha value is -1.92. The monoisotopic (exact) mass is 305 g/mol. The number of benzene rings is 1. The molecule has 1 heterocycles. The molecule has 0 aliphatic carbocycles. The largest absolute Gasteiger partial charge is 0.394 e. The number of aromatic nitrogens is 1. The molecule has 6 heteroatoms. The molecule has 1 unspecified atom stereocenters. The average Bonchev–Trinajstić information content (AvgIpc) is 2.92. The van der Waals surface area contributed by atoms with Crippen molar-refractivity contribution in [1.29, 1.82) is 0 Å². The lowest BCUT2D eigenvalue weighted by Crippen LogP contribution is -2.40. The van der Waals surface area contributed by atoms with E-state index in [1.54, 1.807) is 25.3 Å². The van der Waals surface area contributed by atoms with Crippen molar-refractivity contribution < 1.29 is 9.90 Å². The number of aliphatic hydroxyl groups excluding tert-OH is 1. The maximum atomic E-state index is 12.1.